The number of aryl methyl sites for hydroxylation is 1. The van der Waals surface area contributed by atoms with Gasteiger partial charge in [-0.1, -0.05) is 30.0 Å². The zero-order valence-electron chi connectivity index (χ0n) is 13.6. The van der Waals surface area contributed by atoms with E-state index >= 15 is 0 Å². The van der Waals surface area contributed by atoms with Gasteiger partial charge >= 0.3 is 0 Å². The molecule has 0 spiro atoms. The molecule has 1 aliphatic rings. The molecule has 0 fully saturated rings. The largest absolute Gasteiger partial charge is 0.360 e. The minimum absolute atomic E-state index is 0.846. The molecular weight excluding hydrogens is 258 g/mol. The number of rotatable bonds is 5. The van der Waals surface area contributed by atoms with Gasteiger partial charge in [-0.3, -0.25) is 4.90 Å². The van der Waals surface area contributed by atoms with Gasteiger partial charge in [0.05, 0.1) is 13.1 Å². The van der Waals surface area contributed by atoms with Gasteiger partial charge in [-0.05, 0) is 45.6 Å². The van der Waals surface area contributed by atoms with Crippen LogP contribution >= 0.6 is 0 Å². The molecule has 21 heavy (non-hydrogen) atoms. The third kappa shape index (κ3) is 5.08. The molecule has 1 heterocycles. The highest BCUT2D eigenvalue weighted by atomic mass is 15.1. The van der Waals surface area contributed by atoms with E-state index in [1.165, 1.54) is 24.1 Å². The third-order valence-electron chi connectivity index (χ3n) is 3.88. The zero-order valence-corrected chi connectivity index (χ0v) is 13.6. The van der Waals surface area contributed by atoms with Crippen molar-refractivity contribution in [1.29, 1.82) is 0 Å². The molecule has 0 aliphatic carbocycles. The summed E-state index contributed by atoms with van der Waals surface area (Å²) >= 11 is 0. The topological polar surface area (TPSA) is 9.72 Å². The molecule has 1 aromatic rings. The van der Waals surface area contributed by atoms with Gasteiger partial charge in [0.1, 0.15) is 0 Å². The van der Waals surface area contributed by atoms with Crippen LogP contribution in [0.15, 0.2) is 24.3 Å². The molecule has 1 aromatic carbocycles. The Balaban J connectivity index is 1.81. The highest BCUT2D eigenvalue weighted by molar-refractivity contribution is 5.56. The molecule has 0 atom stereocenters. The van der Waals surface area contributed by atoms with Crippen molar-refractivity contribution in [2.45, 2.75) is 12.8 Å². The van der Waals surface area contributed by atoms with Crippen molar-refractivity contribution in [2.75, 3.05) is 58.8 Å². The molecule has 0 N–H and O–H groups in total. The van der Waals surface area contributed by atoms with Crippen LogP contribution in [0.1, 0.15) is 12.0 Å². The van der Waals surface area contributed by atoms with Crippen LogP contribution in [0.5, 0.6) is 0 Å². The number of fused-ring (bicyclic) bond motifs is 1. The van der Waals surface area contributed by atoms with Crippen molar-refractivity contribution in [3.05, 3.63) is 29.8 Å². The number of hydrogen-bond acceptors (Lipinski definition) is 3. The van der Waals surface area contributed by atoms with Gasteiger partial charge in [0, 0.05) is 25.3 Å². The third-order valence-corrected chi connectivity index (χ3v) is 3.88. The van der Waals surface area contributed by atoms with E-state index in [1.54, 1.807) is 0 Å². The molecule has 3 heteroatoms. The summed E-state index contributed by atoms with van der Waals surface area (Å²) < 4.78 is 0. The van der Waals surface area contributed by atoms with Crippen LogP contribution in [0.25, 0.3) is 0 Å². The first kappa shape index (κ1) is 15.9. The average Bonchev–Trinajstić information content (AvgIpc) is 2.49. The summed E-state index contributed by atoms with van der Waals surface area (Å²) in [5.41, 5.74) is 2.84. The van der Waals surface area contributed by atoms with Crippen molar-refractivity contribution in [1.82, 2.24) is 9.80 Å². The van der Waals surface area contributed by atoms with E-state index < -0.39 is 0 Å². The van der Waals surface area contributed by atoms with Gasteiger partial charge in [-0.25, -0.2) is 0 Å². The van der Waals surface area contributed by atoms with Gasteiger partial charge in [-0.15, -0.1) is 0 Å². The van der Waals surface area contributed by atoms with Crippen LogP contribution in [-0.2, 0) is 6.42 Å². The molecule has 2 rings (SSSR count). The molecule has 0 amide bonds. The van der Waals surface area contributed by atoms with Gasteiger partial charge in [0.25, 0.3) is 0 Å². The minimum Gasteiger partial charge on any atom is -0.360 e. The lowest BCUT2D eigenvalue weighted by molar-refractivity contribution is 0.305. The second kappa shape index (κ2) is 8.07. The lowest BCUT2D eigenvalue weighted by atomic mass is 10.0. The molecule has 0 bridgehead atoms. The Morgan fingerprint density at radius 1 is 1.10 bits per heavy atom. The maximum absolute atomic E-state index is 3.34. The van der Waals surface area contributed by atoms with Crippen LogP contribution in [-0.4, -0.2) is 63.7 Å². The highest BCUT2D eigenvalue weighted by Crippen LogP contribution is 2.25. The SMILES string of the molecule is CN(C)CCN(C)CC#CCN1CCCc2ccccc21. The Kier molecular flexibility index (Phi) is 6.10. The summed E-state index contributed by atoms with van der Waals surface area (Å²) in [5.74, 6) is 6.64. The fourth-order valence-electron chi connectivity index (χ4n) is 2.57. The minimum atomic E-state index is 0.846. The van der Waals surface area contributed by atoms with Crippen molar-refractivity contribution in [3.8, 4) is 11.8 Å². The molecular formula is C18H27N3. The van der Waals surface area contributed by atoms with Crippen molar-refractivity contribution < 1.29 is 0 Å². The fraction of sp³-hybridized carbons (Fsp3) is 0.556. The van der Waals surface area contributed by atoms with Crippen LogP contribution in [0.4, 0.5) is 5.69 Å². The van der Waals surface area contributed by atoms with Gasteiger partial charge in [-0.2, -0.15) is 0 Å². The Bertz CT molecular complexity index is 499. The molecule has 0 aromatic heterocycles. The monoisotopic (exact) mass is 285 g/mol. The smallest absolute Gasteiger partial charge is 0.0794 e. The maximum Gasteiger partial charge on any atom is 0.0794 e. The zero-order chi connectivity index (χ0) is 15.1. The lowest BCUT2D eigenvalue weighted by Crippen LogP contribution is -2.30. The predicted octanol–water partition coefficient (Wildman–Crippen LogP) is 1.94. The fourth-order valence-corrected chi connectivity index (χ4v) is 2.57. The summed E-state index contributed by atoms with van der Waals surface area (Å²) in [6.45, 7) is 4.97. The molecule has 0 unspecified atom stereocenters. The van der Waals surface area contributed by atoms with Gasteiger partial charge in [0.15, 0.2) is 0 Å². The van der Waals surface area contributed by atoms with Gasteiger partial charge in [0.2, 0.25) is 0 Å². The number of para-hydroxylation sites is 1. The number of benzene rings is 1. The molecule has 3 nitrogen and oxygen atoms in total. The van der Waals surface area contributed by atoms with E-state index in [1.807, 2.05) is 0 Å². The Labute approximate surface area is 129 Å². The first-order valence-electron chi connectivity index (χ1n) is 7.78. The standard InChI is InChI=1S/C18H27N3/c1-19(2)15-16-20(3)12-6-7-13-21-14-8-10-17-9-4-5-11-18(17)21/h4-5,9,11H,8,10,12-16H2,1-3H3. The molecule has 1 aliphatic heterocycles. The molecule has 0 saturated carbocycles. The quantitative estimate of drug-likeness (QED) is 0.766. The van der Waals surface area contributed by atoms with E-state index in [0.29, 0.717) is 0 Å². The van der Waals surface area contributed by atoms with Crippen molar-refractivity contribution >= 4 is 5.69 Å². The van der Waals surface area contributed by atoms with Crippen LogP contribution in [0.3, 0.4) is 0 Å². The summed E-state index contributed by atoms with van der Waals surface area (Å²) in [6, 6.07) is 8.72. The second-order valence-corrected chi connectivity index (χ2v) is 6.05. The first-order chi connectivity index (χ1) is 10.2. The predicted molar refractivity (Wildman–Crippen MR) is 90.8 cm³/mol. The maximum atomic E-state index is 3.34. The van der Waals surface area contributed by atoms with Crippen LogP contribution in [0, 0.1) is 11.8 Å². The van der Waals surface area contributed by atoms with E-state index in [2.05, 4.69) is 71.9 Å². The van der Waals surface area contributed by atoms with E-state index in [4.69, 9.17) is 0 Å². The molecule has 0 radical (unpaired) electrons. The van der Waals surface area contributed by atoms with Crippen LogP contribution < -0.4 is 4.90 Å². The van der Waals surface area contributed by atoms with E-state index in [0.717, 1.165) is 32.7 Å². The van der Waals surface area contributed by atoms with E-state index in [9.17, 15) is 0 Å². The van der Waals surface area contributed by atoms with Crippen LogP contribution in [0.2, 0.25) is 0 Å². The number of nitrogens with zero attached hydrogens (tertiary/aromatic N) is 3. The Morgan fingerprint density at radius 3 is 2.71 bits per heavy atom. The van der Waals surface area contributed by atoms with E-state index in [-0.39, 0.29) is 0 Å². The normalized spacial score (nSPS) is 14.0. The molecule has 0 saturated heterocycles. The molecule has 114 valence electrons. The van der Waals surface area contributed by atoms with Gasteiger partial charge < -0.3 is 9.80 Å². The average molecular weight is 285 g/mol. The summed E-state index contributed by atoms with van der Waals surface area (Å²) in [5, 5.41) is 0. The first-order valence-corrected chi connectivity index (χ1v) is 7.78. The number of anilines is 1. The Hall–Kier alpha value is -1.50. The highest BCUT2D eigenvalue weighted by Gasteiger charge is 2.14. The summed E-state index contributed by atoms with van der Waals surface area (Å²) in [7, 11) is 6.34. The number of hydrogen-bond donors (Lipinski definition) is 0. The number of likely N-dealkylation sites (N-methyl/N-ethyl adjacent to an activating group) is 2. The van der Waals surface area contributed by atoms with Crippen molar-refractivity contribution in [2.24, 2.45) is 0 Å². The lowest BCUT2D eigenvalue weighted by Gasteiger charge is -2.29. The second-order valence-electron chi connectivity index (χ2n) is 6.05. The summed E-state index contributed by atoms with van der Waals surface area (Å²) in [6.07, 6.45) is 2.44. The summed E-state index contributed by atoms with van der Waals surface area (Å²) in [4.78, 5) is 6.89. The Morgan fingerprint density at radius 2 is 1.90 bits per heavy atom. The van der Waals surface area contributed by atoms with Crippen molar-refractivity contribution in [3.63, 3.8) is 0 Å².